The lowest BCUT2D eigenvalue weighted by Gasteiger charge is -2.18. The van der Waals surface area contributed by atoms with E-state index in [1.54, 1.807) is 0 Å². The Bertz CT molecular complexity index is 1160. The summed E-state index contributed by atoms with van der Waals surface area (Å²) in [5.41, 5.74) is -5.27. The van der Waals surface area contributed by atoms with E-state index in [9.17, 15) is 65.9 Å². The van der Waals surface area contributed by atoms with Crippen LogP contribution in [0.3, 0.4) is 0 Å². The van der Waals surface area contributed by atoms with Gasteiger partial charge < -0.3 is 0 Å². The first kappa shape index (κ1) is 28.2. The molecule has 198 valence electrons. The molecule has 0 unspecified atom stereocenters. The second kappa shape index (κ2) is 10.2. The van der Waals surface area contributed by atoms with Crippen LogP contribution in [-0.4, -0.2) is 6.71 Å². The van der Waals surface area contributed by atoms with Gasteiger partial charge in [-0.15, -0.1) is 0 Å². The van der Waals surface area contributed by atoms with Crippen molar-refractivity contribution in [3.63, 3.8) is 0 Å². The zero-order valence-electron chi connectivity index (χ0n) is 17.4. The van der Waals surface area contributed by atoms with Gasteiger partial charge in [0.1, 0.15) is 0 Å². The van der Waals surface area contributed by atoms with E-state index in [1.165, 1.54) is 0 Å². The maximum Gasteiger partial charge on any atom is 0.200 e. The van der Waals surface area contributed by atoms with Crippen LogP contribution in [0.25, 0.3) is 0 Å². The maximum absolute atomic E-state index is 14.2. The summed E-state index contributed by atoms with van der Waals surface area (Å²) in [6.07, 6.45) is -4.82. The second-order valence-electron chi connectivity index (χ2n) is 7.62. The van der Waals surface area contributed by atoms with Gasteiger partial charge in [0.15, 0.2) is 76.5 Å². The van der Waals surface area contributed by atoms with Crippen LogP contribution in [0.2, 0.25) is 0 Å². The molecule has 0 atom stereocenters. The lowest BCUT2D eigenvalue weighted by Crippen LogP contribution is -2.30. The molecule has 0 nitrogen and oxygen atoms in total. The van der Waals surface area contributed by atoms with Gasteiger partial charge in [-0.2, -0.15) is 0 Å². The fourth-order valence-corrected chi connectivity index (χ4v) is 3.57. The molecule has 0 fully saturated rings. The van der Waals surface area contributed by atoms with Crippen molar-refractivity contribution in [3.05, 3.63) is 104 Å². The minimum absolute atomic E-state index is 1.61. The van der Waals surface area contributed by atoms with Crippen molar-refractivity contribution in [2.45, 2.75) is 19.0 Å². The molecule has 0 saturated carbocycles. The van der Waals surface area contributed by atoms with Gasteiger partial charge >= 0.3 is 0 Å². The number of hydrogen-bond acceptors (Lipinski definition) is 0. The van der Waals surface area contributed by atoms with E-state index in [0.29, 0.717) is 0 Å². The average Bonchev–Trinajstić information content (AvgIpc) is 2.88. The quantitative estimate of drug-likeness (QED) is 0.135. The van der Waals surface area contributed by atoms with E-state index in [1.807, 2.05) is 0 Å². The highest BCUT2D eigenvalue weighted by molar-refractivity contribution is 6.57. The first-order valence-corrected chi connectivity index (χ1v) is 9.62. The van der Waals surface area contributed by atoms with Crippen LogP contribution in [0.5, 0.6) is 0 Å². The van der Waals surface area contributed by atoms with Crippen LogP contribution in [0.15, 0.2) is 0 Å². The molecular formula is C21H6BF15. The molecule has 3 aromatic carbocycles. The van der Waals surface area contributed by atoms with Gasteiger partial charge in [-0.05, 0) is 19.0 Å². The molecule has 0 N–H and O–H groups in total. The molecule has 0 aromatic heterocycles. The van der Waals surface area contributed by atoms with Crippen LogP contribution >= 0.6 is 0 Å². The molecule has 37 heavy (non-hydrogen) atoms. The smallest absolute Gasteiger partial charge is 0.200 e. The van der Waals surface area contributed by atoms with Gasteiger partial charge in [0.25, 0.3) is 0 Å². The predicted octanol–water partition coefficient (Wildman–Crippen LogP) is 6.91. The summed E-state index contributed by atoms with van der Waals surface area (Å²) in [5, 5.41) is 0. The summed E-state index contributed by atoms with van der Waals surface area (Å²) in [7, 11) is 0. The molecule has 0 bridgehead atoms. The summed E-state index contributed by atoms with van der Waals surface area (Å²) in [5.74, 6) is -38.3. The molecular weight excluding hydrogens is 548 g/mol. The standard InChI is InChI=1S/C21H6BF15/c23-7-4(8(24)14(30)19(35)13(7)29)1-22(2-5-9(25)15(31)20(36)16(32)10(5)26)3-6-11(27)17(33)21(37)18(34)12(6)28/h1-3H2. The third-order valence-electron chi connectivity index (χ3n) is 5.38. The normalized spacial score (nSPS) is 11.4. The molecule has 0 radical (unpaired) electrons. The van der Waals surface area contributed by atoms with E-state index < -0.39 is 130 Å². The molecule has 0 aliphatic carbocycles. The first-order valence-electron chi connectivity index (χ1n) is 9.62. The highest BCUT2D eigenvalue weighted by atomic mass is 19.2. The van der Waals surface area contributed by atoms with Crippen molar-refractivity contribution in [2.24, 2.45) is 0 Å². The highest BCUT2D eigenvalue weighted by Crippen LogP contribution is 2.30. The van der Waals surface area contributed by atoms with Gasteiger partial charge in [-0.25, -0.2) is 65.9 Å². The van der Waals surface area contributed by atoms with Crippen LogP contribution in [0, 0.1) is 87.3 Å². The van der Waals surface area contributed by atoms with E-state index >= 15 is 0 Å². The maximum atomic E-state index is 14.2. The summed E-state index contributed by atoms with van der Waals surface area (Å²) in [4.78, 5) is 0. The molecule has 3 aromatic rings. The molecule has 0 amide bonds. The van der Waals surface area contributed by atoms with Crippen molar-refractivity contribution in [2.75, 3.05) is 0 Å². The summed E-state index contributed by atoms with van der Waals surface area (Å²) < 4.78 is 206. The Morgan fingerprint density at radius 3 is 0.541 bits per heavy atom. The van der Waals surface area contributed by atoms with Crippen molar-refractivity contribution in [3.8, 4) is 0 Å². The van der Waals surface area contributed by atoms with Crippen LogP contribution in [-0.2, 0) is 19.0 Å². The van der Waals surface area contributed by atoms with Crippen molar-refractivity contribution >= 4 is 6.71 Å². The zero-order valence-corrected chi connectivity index (χ0v) is 17.4. The lowest BCUT2D eigenvalue weighted by atomic mass is 9.40. The van der Waals surface area contributed by atoms with E-state index in [-0.39, 0.29) is 0 Å². The molecule has 0 spiro atoms. The molecule has 0 aliphatic heterocycles. The van der Waals surface area contributed by atoms with Gasteiger partial charge in [0, 0.05) is 16.7 Å². The Labute approximate surface area is 196 Å². The van der Waals surface area contributed by atoms with Crippen molar-refractivity contribution in [1.82, 2.24) is 0 Å². The SMILES string of the molecule is Fc1c(F)c(F)c(CB(Cc2c(F)c(F)c(F)c(F)c2F)Cc2c(F)c(F)c(F)c(F)c2F)c(F)c1F. The monoisotopic (exact) mass is 554 g/mol. The zero-order chi connectivity index (χ0) is 28.1. The van der Waals surface area contributed by atoms with Crippen molar-refractivity contribution < 1.29 is 65.9 Å². The Morgan fingerprint density at radius 1 is 0.243 bits per heavy atom. The van der Waals surface area contributed by atoms with E-state index in [0.717, 1.165) is 0 Å². The fourth-order valence-electron chi connectivity index (χ4n) is 3.57. The largest absolute Gasteiger partial charge is 0.203 e. The molecule has 16 heteroatoms. The molecule has 0 heterocycles. The van der Waals surface area contributed by atoms with Crippen LogP contribution < -0.4 is 0 Å². The summed E-state index contributed by atoms with van der Waals surface area (Å²) >= 11 is 0. The fraction of sp³-hybridized carbons (Fsp3) is 0.143. The average molecular weight is 554 g/mol. The summed E-state index contributed by atoms with van der Waals surface area (Å²) in [6, 6.07) is 0. The third-order valence-corrected chi connectivity index (χ3v) is 5.38. The van der Waals surface area contributed by atoms with Crippen LogP contribution in [0.1, 0.15) is 16.7 Å². The van der Waals surface area contributed by atoms with E-state index in [4.69, 9.17) is 0 Å². The van der Waals surface area contributed by atoms with Gasteiger partial charge in [-0.3, -0.25) is 0 Å². The van der Waals surface area contributed by atoms with Crippen molar-refractivity contribution in [1.29, 1.82) is 0 Å². The van der Waals surface area contributed by atoms with Crippen LogP contribution in [0.4, 0.5) is 65.9 Å². The second-order valence-corrected chi connectivity index (χ2v) is 7.62. The topological polar surface area (TPSA) is 0 Å². The number of halogens is 15. The Balaban J connectivity index is 2.22. The molecule has 0 saturated heterocycles. The molecule has 0 aliphatic rings. The van der Waals surface area contributed by atoms with Gasteiger partial charge in [0.2, 0.25) is 17.5 Å². The van der Waals surface area contributed by atoms with Gasteiger partial charge in [-0.1, -0.05) is 0 Å². The third kappa shape index (κ3) is 4.72. The Hall–Kier alpha value is -3.33. The number of benzene rings is 3. The lowest BCUT2D eigenvalue weighted by molar-refractivity contribution is 0.370. The van der Waals surface area contributed by atoms with E-state index in [2.05, 4.69) is 0 Å². The summed E-state index contributed by atoms with van der Waals surface area (Å²) in [6.45, 7) is -2.25. The Morgan fingerprint density at radius 2 is 0.378 bits per heavy atom. The first-order chi connectivity index (χ1) is 17.1. The highest BCUT2D eigenvalue weighted by Gasteiger charge is 2.34. The minimum atomic E-state index is -2.64. The Kier molecular flexibility index (Phi) is 7.79. The predicted molar refractivity (Wildman–Crippen MR) is 95.6 cm³/mol. The van der Waals surface area contributed by atoms with Gasteiger partial charge in [0.05, 0.1) is 0 Å². The number of rotatable bonds is 6. The minimum Gasteiger partial charge on any atom is -0.203 e. The number of hydrogen-bond donors (Lipinski definition) is 0. The molecule has 3 rings (SSSR count).